The van der Waals surface area contributed by atoms with Crippen molar-refractivity contribution in [1.29, 1.82) is 0 Å². The Balaban J connectivity index is 1.56. The Kier molecular flexibility index (Phi) is 8.18. The lowest BCUT2D eigenvalue weighted by atomic mass is 9.86. The molecule has 1 saturated heterocycles. The maximum absolute atomic E-state index is 13.8. The molecule has 1 aliphatic heterocycles. The molecule has 0 radical (unpaired) electrons. The Morgan fingerprint density at radius 1 is 1.05 bits per heavy atom. The van der Waals surface area contributed by atoms with E-state index in [4.69, 9.17) is 9.47 Å². The molecule has 3 aromatic carbocycles. The first-order valence-corrected chi connectivity index (χ1v) is 12.9. The highest BCUT2D eigenvalue weighted by atomic mass is 19.1. The third-order valence-electron chi connectivity index (χ3n) is 6.97. The van der Waals surface area contributed by atoms with E-state index in [0.717, 1.165) is 29.7 Å². The van der Waals surface area contributed by atoms with Crippen molar-refractivity contribution in [3.63, 3.8) is 0 Å². The second-order valence-electron chi connectivity index (χ2n) is 10.6. The summed E-state index contributed by atoms with van der Waals surface area (Å²) >= 11 is 0. The number of nitrogens with one attached hydrogen (secondary N) is 1. The van der Waals surface area contributed by atoms with Crippen molar-refractivity contribution in [3.05, 3.63) is 95.3 Å². The largest absolute Gasteiger partial charge is 0.496 e. The summed E-state index contributed by atoms with van der Waals surface area (Å²) in [6.07, 6.45) is 0.768. The highest BCUT2D eigenvalue weighted by Gasteiger charge is 2.40. The first-order valence-electron chi connectivity index (χ1n) is 12.9. The molecule has 0 saturated carbocycles. The van der Waals surface area contributed by atoms with Gasteiger partial charge in [-0.2, -0.15) is 0 Å². The molecule has 1 fully saturated rings. The van der Waals surface area contributed by atoms with Gasteiger partial charge in [-0.25, -0.2) is 4.39 Å². The van der Waals surface area contributed by atoms with Crippen LogP contribution in [0.1, 0.15) is 63.3 Å². The minimum absolute atomic E-state index is 0.0158. The van der Waals surface area contributed by atoms with E-state index < -0.39 is 6.10 Å². The molecule has 1 amide bonds. The molecule has 37 heavy (non-hydrogen) atoms. The zero-order valence-electron chi connectivity index (χ0n) is 22.3. The number of amides is 1. The summed E-state index contributed by atoms with van der Waals surface area (Å²) in [7, 11) is 1.68. The van der Waals surface area contributed by atoms with Gasteiger partial charge in [0, 0.05) is 12.1 Å². The molecule has 6 heteroatoms. The molecule has 196 valence electrons. The van der Waals surface area contributed by atoms with Gasteiger partial charge in [-0.15, -0.1) is 0 Å². The summed E-state index contributed by atoms with van der Waals surface area (Å²) in [4.78, 5) is 15.7. The van der Waals surface area contributed by atoms with Gasteiger partial charge in [-0.05, 0) is 66.6 Å². The molecule has 1 N–H and O–H groups in total. The smallest absolute Gasteiger partial charge is 0.265 e. The molecule has 0 aromatic heterocycles. The van der Waals surface area contributed by atoms with Gasteiger partial charge in [-0.3, -0.25) is 10.1 Å². The van der Waals surface area contributed by atoms with Gasteiger partial charge in [-0.1, -0.05) is 63.2 Å². The van der Waals surface area contributed by atoms with Crippen molar-refractivity contribution in [2.75, 3.05) is 7.11 Å². The number of rotatable bonds is 8. The Hall–Kier alpha value is -3.38. The Labute approximate surface area is 219 Å². The first-order chi connectivity index (χ1) is 17.7. The highest BCUT2D eigenvalue weighted by Crippen LogP contribution is 2.37. The minimum atomic E-state index is -0.724. The van der Waals surface area contributed by atoms with E-state index in [2.05, 4.69) is 50.4 Å². The monoisotopic (exact) mass is 504 g/mol. The maximum Gasteiger partial charge on any atom is 0.265 e. The molecule has 3 atom stereocenters. The predicted molar refractivity (Wildman–Crippen MR) is 144 cm³/mol. The van der Waals surface area contributed by atoms with Gasteiger partial charge < -0.3 is 14.4 Å². The summed E-state index contributed by atoms with van der Waals surface area (Å²) in [6.45, 7) is 8.89. The summed E-state index contributed by atoms with van der Waals surface area (Å²) in [5.41, 5.74) is 3.40. The molecule has 0 aliphatic carbocycles. The number of halogens is 1. The van der Waals surface area contributed by atoms with Crippen molar-refractivity contribution in [1.82, 2.24) is 10.2 Å². The fourth-order valence-electron chi connectivity index (χ4n) is 4.91. The fraction of sp³-hybridized carbons (Fsp3) is 0.387. The standard InChI is InChI=1S/C31H37FN2O3/c1-21(37-26-14-12-25(32)13-15-26)30(35)34-27(22-9-7-6-8-10-22)16-18-29(34)33-20-23-19-24(31(2,3)4)11-17-28(23)36-5/h6-15,17,19,21,27,29,33H,16,18,20H2,1-5H3. The fourth-order valence-corrected chi connectivity index (χ4v) is 4.91. The summed E-state index contributed by atoms with van der Waals surface area (Å²) in [5.74, 6) is 0.837. The van der Waals surface area contributed by atoms with Crippen LogP contribution in [0.4, 0.5) is 4.39 Å². The van der Waals surface area contributed by atoms with Crippen LogP contribution in [0.5, 0.6) is 11.5 Å². The van der Waals surface area contributed by atoms with Crippen molar-refractivity contribution in [2.24, 2.45) is 0 Å². The Morgan fingerprint density at radius 3 is 2.41 bits per heavy atom. The van der Waals surface area contributed by atoms with E-state index in [9.17, 15) is 9.18 Å². The van der Waals surface area contributed by atoms with Crippen molar-refractivity contribution in [2.45, 2.75) is 70.8 Å². The lowest BCUT2D eigenvalue weighted by Crippen LogP contribution is -2.49. The minimum Gasteiger partial charge on any atom is -0.496 e. The van der Waals surface area contributed by atoms with Crippen molar-refractivity contribution < 1.29 is 18.7 Å². The highest BCUT2D eigenvalue weighted by molar-refractivity contribution is 5.82. The number of nitrogens with zero attached hydrogens (tertiary/aromatic N) is 1. The molecule has 1 aliphatic rings. The van der Waals surface area contributed by atoms with Gasteiger partial charge in [0.1, 0.15) is 17.3 Å². The molecule has 0 spiro atoms. The first kappa shape index (κ1) is 26.7. The molecular formula is C31H37FN2O3. The van der Waals surface area contributed by atoms with Crippen LogP contribution in [0, 0.1) is 5.82 Å². The Morgan fingerprint density at radius 2 is 1.76 bits per heavy atom. The van der Waals surface area contributed by atoms with Gasteiger partial charge in [0.25, 0.3) is 5.91 Å². The van der Waals surface area contributed by atoms with Crippen LogP contribution in [0.25, 0.3) is 0 Å². The molecular weight excluding hydrogens is 467 g/mol. The summed E-state index contributed by atoms with van der Waals surface area (Å²) < 4.78 is 24.9. The average Bonchev–Trinajstić information content (AvgIpc) is 3.32. The van der Waals surface area contributed by atoms with Gasteiger partial charge in [0.15, 0.2) is 6.10 Å². The predicted octanol–water partition coefficient (Wildman–Crippen LogP) is 6.38. The topological polar surface area (TPSA) is 50.8 Å². The second kappa shape index (κ2) is 11.3. The number of benzene rings is 3. The number of ether oxygens (including phenoxy) is 2. The molecule has 4 rings (SSSR count). The zero-order valence-corrected chi connectivity index (χ0v) is 22.3. The van der Waals surface area contributed by atoms with Gasteiger partial charge in [0.2, 0.25) is 0 Å². The normalized spacial score (nSPS) is 18.5. The lowest BCUT2D eigenvalue weighted by molar-refractivity contribution is -0.141. The molecule has 1 heterocycles. The van der Waals surface area contributed by atoms with E-state index >= 15 is 0 Å². The van der Waals surface area contributed by atoms with E-state index in [1.54, 1.807) is 26.2 Å². The molecule has 0 bridgehead atoms. The van der Waals surface area contributed by atoms with Crippen molar-refractivity contribution in [3.8, 4) is 11.5 Å². The third-order valence-corrected chi connectivity index (χ3v) is 6.97. The van der Waals surface area contributed by atoms with Gasteiger partial charge >= 0.3 is 0 Å². The van der Waals surface area contributed by atoms with Crippen LogP contribution in [-0.4, -0.2) is 30.2 Å². The SMILES string of the molecule is COc1ccc(C(C)(C)C)cc1CNC1CCC(c2ccccc2)N1C(=O)C(C)Oc1ccc(F)cc1. The molecule has 5 nitrogen and oxygen atoms in total. The van der Waals surface area contributed by atoms with Crippen LogP contribution in [0.3, 0.4) is 0 Å². The number of carbonyl (C=O) groups excluding carboxylic acids is 1. The second-order valence-corrected chi connectivity index (χ2v) is 10.6. The van der Waals surface area contributed by atoms with E-state index in [1.165, 1.54) is 17.7 Å². The number of hydrogen-bond donors (Lipinski definition) is 1. The van der Waals surface area contributed by atoms with Crippen LogP contribution in [0.15, 0.2) is 72.8 Å². The van der Waals surface area contributed by atoms with Crippen LogP contribution < -0.4 is 14.8 Å². The van der Waals surface area contributed by atoms with E-state index in [-0.39, 0.29) is 29.3 Å². The van der Waals surface area contributed by atoms with E-state index in [0.29, 0.717) is 12.3 Å². The summed E-state index contributed by atoms with van der Waals surface area (Å²) in [5, 5.41) is 3.63. The molecule has 3 unspecified atom stereocenters. The van der Waals surface area contributed by atoms with Gasteiger partial charge in [0.05, 0.1) is 19.3 Å². The maximum atomic E-state index is 13.8. The quantitative estimate of drug-likeness (QED) is 0.387. The van der Waals surface area contributed by atoms with Crippen LogP contribution >= 0.6 is 0 Å². The van der Waals surface area contributed by atoms with E-state index in [1.807, 2.05) is 29.2 Å². The number of likely N-dealkylation sites (tertiary alicyclic amines) is 1. The zero-order chi connectivity index (χ0) is 26.6. The third kappa shape index (κ3) is 6.31. The number of carbonyl (C=O) groups is 1. The number of methoxy groups -OCH3 is 1. The van der Waals surface area contributed by atoms with Crippen molar-refractivity contribution >= 4 is 5.91 Å². The number of hydrogen-bond acceptors (Lipinski definition) is 4. The van der Waals surface area contributed by atoms with Crippen LogP contribution in [-0.2, 0) is 16.8 Å². The Bertz CT molecular complexity index is 1190. The molecule has 3 aromatic rings. The average molecular weight is 505 g/mol. The summed E-state index contributed by atoms with van der Waals surface area (Å²) in [6, 6.07) is 22.1. The van der Waals surface area contributed by atoms with Crippen LogP contribution in [0.2, 0.25) is 0 Å². The lowest BCUT2D eigenvalue weighted by Gasteiger charge is -2.33.